The van der Waals surface area contributed by atoms with Gasteiger partial charge in [-0.15, -0.1) is 23.1 Å². The average Bonchev–Trinajstić information content (AvgIpc) is 3.04. The van der Waals surface area contributed by atoms with Crippen molar-refractivity contribution in [3.63, 3.8) is 0 Å². The molecule has 0 fully saturated rings. The molecule has 26 heavy (non-hydrogen) atoms. The molecule has 0 spiro atoms. The van der Waals surface area contributed by atoms with Crippen LogP contribution in [0.15, 0.2) is 35.2 Å². The highest BCUT2D eigenvalue weighted by atomic mass is 32.2. The zero-order valence-corrected chi connectivity index (χ0v) is 16.0. The van der Waals surface area contributed by atoms with E-state index in [-0.39, 0.29) is 18.2 Å². The number of esters is 1. The van der Waals surface area contributed by atoms with E-state index in [1.165, 1.54) is 30.2 Å². The number of amides is 2. The summed E-state index contributed by atoms with van der Waals surface area (Å²) in [7, 11) is 1.30. The standard InChI is InChI=1S/C18H18N2O4S2/c1-3-10-8-11(18(23)24-2)17(25-10)20-15(21)9-14-16(22)19-12-6-4-5-7-13(12)26-14/h4-8,14H,3,9H2,1-2H3,(H,19,22)(H,20,21)/t14-/m0/s1. The highest BCUT2D eigenvalue weighted by Gasteiger charge is 2.29. The molecule has 1 atom stereocenters. The summed E-state index contributed by atoms with van der Waals surface area (Å²) >= 11 is 2.71. The van der Waals surface area contributed by atoms with E-state index in [2.05, 4.69) is 10.6 Å². The largest absolute Gasteiger partial charge is 0.465 e. The molecule has 1 aliphatic heterocycles. The molecule has 2 aromatic rings. The molecule has 2 N–H and O–H groups in total. The van der Waals surface area contributed by atoms with Gasteiger partial charge in [0.1, 0.15) is 5.00 Å². The van der Waals surface area contributed by atoms with Crippen LogP contribution in [0.5, 0.6) is 0 Å². The topological polar surface area (TPSA) is 84.5 Å². The molecule has 2 amide bonds. The molecule has 136 valence electrons. The molecule has 6 nitrogen and oxygen atoms in total. The van der Waals surface area contributed by atoms with Crippen molar-refractivity contribution in [3.05, 3.63) is 40.8 Å². The van der Waals surface area contributed by atoms with E-state index in [1.807, 2.05) is 31.2 Å². The monoisotopic (exact) mass is 390 g/mol. The van der Waals surface area contributed by atoms with Crippen molar-refractivity contribution in [1.82, 2.24) is 0 Å². The van der Waals surface area contributed by atoms with Gasteiger partial charge in [-0.1, -0.05) is 19.1 Å². The number of aryl methyl sites for hydroxylation is 1. The molecule has 0 saturated heterocycles. The van der Waals surface area contributed by atoms with Gasteiger partial charge < -0.3 is 15.4 Å². The smallest absolute Gasteiger partial charge is 0.340 e. The molecule has 1 aromatic carbocycles. The fourth-order valence-corrected chi connectivity index (χ4v) is 4.65. The third-order valence-corrected chi connectivity index (χ3v) is 6.34. The van der Waals surface area contributed by atoms with Gasteiger partial charge in [0.05, 0.1) is 23.6 Å². The average molecular weight is 390 g/mol. The molecule has 3 rings (SSSR count). The van der Waals surface area contributed by atoms with E-state index < -0.39 is 11.2 Å². The lowest BCUT2D eigenvalue weighted by atomic mass is 10.2. The van der Waals surface area contributed by atoms with Gasteiger partial charge in [0.2, 0.25) is 11.8 Å². The molecule has 0 radical (unpaired) electrons. The summed E-state index contributed by atoms with van der Waals surface area (Å²) in [5, 5.41) is 5.52. The number of hydrogen-bond donors (Lipinski definition) is 2. The van der Waals surface area contributed by atoms with E-state index in [4.69, 9.17) is 4.74 Å². The van der Waals surface area contributed by atoms with Crippen molar-refractivity contribution in [2.45, 2.75) is 29.9 Å². The zero-order valence-electron chi connectivity index (χ0n) is 14.3. The van der Waals surface area contributed by atoms with Crippen LogP contribution >= 0.6 is 23.1 Å². The molecule has 1 aromatic heterocycles. The number of rotatable bonds is 5. The van der Waals surface area contributed by atoms with Crippen LogP contribution < -0.4 is 10.6 Å². The van der Waals surface area contributed by atoms with Crippen LogP contribution in [0.3, 0.4) is 0 Å². The van der Waals surface area contributed by atoms with Gasteiger partial charge in [0.25, 0.3) is 0 Å². The molecular weight excluding hydrogens is 372 g/mol. The third kappa shape index (κ3) is 3.91. The van der Waals surface area contributed by atoms with Crippen LogP contribution in [-0.4, -0.2) is 30.1 Å². The normalized spacial score (nSPS) is 15.8. The van der Waals surface area contributed by atoms with E-state index in [0.717, 1.165) is 21.9 Å². The lowest BCUT2D eigenvalue weighted by Gasteiger charge is -2.23. The van der Waals surface area contributed by atoms with E-state index >= 15 is 0 Å². The number of benzene rings is 1. The van der Waals surface area contributed by atoms with Crippen molar-refractivity contribution >= 4 is 51.6 Å². The molecule has 0 aliphatic carbocycles. The lowest BCUT2D eigenvalue weighted by Crippen LogP contribution is -2.32. The van der Waals surface area contributed by atoms with Crippen LogP contribution in [0.4, 0.5) is 10.7 Å². The van der Waals surface area contributed by atoms with Crippen LogP contribution in [0, 0.1) is 0 Å². The van der Waals surface area contributed by atoms with Crippen LogP contribution in [0.25, 0.3) is 0 Å². The second kappa shape index (κ2) is 7.92. The summed E-state index contributed by atoms with van der Waals surface area (Å²) in [6.45, 7) is 1.97. The number of carbonyl (C=O) groups excluding carboxylic acids is 3. The number of para-hydroxylation sites is 1. The van der Waals surface area contributed by atoms with Gasteiger partial charge in [0, 0.05) is 16.2 Å². The maximum absolute atomic E-state index is 12.4. The van der Waals surface area contributed by atoms with Gasteiger partial charge >= 0.3 is 5.97 Å². The number of fused-ring (bicyclic) bond motifs is 1. The Morgan fingerprint density at radius 2 is 2.08 bits per heavy atom. The fraction of sp³-hybridized carbons (Fsp3) is 0.278. The summed E-state index contributed by atoms with van der Waals surface area (Å²) in [4.78, 5) is 38.5. The Morgan fingerprint density at radius 1 is 1.31 bits per heavy atom. The quantitative estimate of drug-likeness (QED) is 0.763. The van der Waals surface area contributed by atoms with Gasteiger partial charge in [0.15, 0.2) is 0 Å². The third-order valence-electron chi connectivity index (χ3n) is 3.87. The highest BCUT2D eigenvalue weighted by molar-refractivity contribution is 8.01. The molecule has 0 saturated carbocycles. The molecule has 8 heteroatoms. The van der Waals surface area contributed by atoms with E-state index in [1.54, 1.807) is 6.07 Å². The van der Waals surface area contributed by atoms with Gasteiger partial charge in [-0.25, -0.2) is 4.79 Å². The number of thioether (sulfide) groups is 1. The zero-order chi connectivity index (χ0) is 18.7. The minimum atomic E-state index is -0.517. The van der Waals surface area contributed by atoms with Crippen molar-refractivity contribution in [3.8, 4) is 0 Å². The Balaban J connectivity index is 1.71. The van der Waals surface area contributed by atoms with E-state index in [0.29, 0.717) is 10.6 Å². The highest BCUT2D eigenvalue weighted by Crippen LogP contribution is 2.37. The van der Waals surface area contributed by atoms with Crippen LogP contribution in [-0.2, 0) is 20.7 Å². The maximum atomic E-state index is 12.4. The molecule has 0 unspecified atom stereocenters. The Labute approximate surface area is 159 Å². The molecular formula is C18H18N2O4S2. The summed E-state index contributed by atoms with van der Waals surface area (Å²) in [5.41, 5.74) is 1.10. The number of carbonyl (C=O) groups is 3. The maximum Gasteiger partial charge on any atom is 0.340 e. The van der Waals surface area contributed by atoms with E-state index in [9.17, 15) is 14.4 Å². The number of anilines is 2. The predicted molar refractivity (Wildman–Crippen MR) is 103 cm³/mol. The Hall–Kier alpha value is -2.32. The number of methoxy groups -OCH3 is 1. The minimum Gasteiger partial charge on any atom is -0.465 e. The van der Waals surface area contributed by atoms with Crippen LogP contribution in [0.1, 0.15) is 28.6 Å². The first-order chi connectivity index (χ1) is 12.5. The van der Waals surface area contributed by atoms with Crippen molar-refractivity contribution in [2.24, 2.45) is 0 Å². The van der Waals surface area contributed by atoms with Gasteiger partial charge in [-0.3, -0.25) is 9.59 Å². The van der Waals surface area contributed by atoms with Crippen LogP contribution in [0.2, 0.25) is 0 Å². The second-order valence-electron chi connectivity index (χ2n) is 5.64. The summed E-state index contributed by atoms with van der Waals surface area (Å²) < 4.78 is 4.77. The molecule has 2 heterocycles. The van der Waals surface area contributed by atoms with Crippen molar-refractivity contribution in [2.75, 3.05) is 17.7 Å². The minimum absolute atomic E-state index is 0.0187. The van der Waals surface area contributed by atoms with Crippen molar-refractivity contribution < 1.29 is 19.1 Å². The van der Waals surface area contributed by atoms with Gasteiger partial charge in [-0.05, 0) is 24.6 Å². The number of nitrogens with one attached hydrogen (secondary N) is 2. The van der Waals surface area contributed by atoms with Gasteiger partial charge in [-0.2, -0.15) is 0 Å². The predicted octanol–water partition coefficient (Wildman–Crippen LogP) is 3.54. The summed E-state index contributed by atoms with van der Waals surface area (Å²) in [6, 6.07) is 9.21. The Bertz CT molecular complexity index is 863. The summed E-state index contributed by atoms with van der Waals surface area (Å²) in [5.74, 6) is -1.00. The first kappa shape index (κ1) is 18.5. The molecule has 0 bridgehead atoms. The lowest BCUT2D eigenvalue weighted by molar-refractivity contribution is -0.120. The second-order valence-corrected chi connectivity index (χ2v) is 8.03. The van der Waals surface area contributed by atoms with Crippen molar-refractivity contribution in [1.29, 1.82) is 0 Å². The first-order valence-electron chi connectivity index (χ1n) is 8.09. The molecule has 1 aliphatic rings. The fourth-order valence-electron chi connectivity index (χ4n) is 2.54. The Kier molecular flexibility index (Phi) is 5.63. The number of thiophene rings is 1. The number of hydrogen-bond acceptors (Lipinski definition) is 6. The SMILES string of the molecule is CCc1cc(C(=O)OC)c(NC(=O)C[C@@H]2Sc3ccccc3NC2=O)s1. The number of ether oxygens (including phenoxy) is 1. The first-order valence-corrected chi connectivity index (χ1v) is 9.78. The summed E-state index contributed by atoms with van der Waals surface area (Å²) in [6.07, 6.45) is 0.771. The Morgan fingerprint density at radius 3 is 2.81 bits per heavy atom.